The molecule has 0 aliphatic carbocycles. The van der Waals surface area contributed by atoms with Gasteiger partial charge in [-0.25, -0.2) is 9.37 Å². The fourth-order valence-corrected chi connectivity index (χ4v) is 1.64. The number of nitrogens with one attached hydrogen (secondary N) is 1. The third-order valence-electron chi connectivity index (χ3n) is 2.24. The SMILES string of the molecule is Cc1ccc(CNc2ncc(Br)cc2F)cn1. The van der Waals surface area contributed by atoms with E-state index in [-0.39, 0.29) is 11.6 Å². The van der Waals surface area contributed by atoms with E-state index in [0.29, 0.717) is 11.0 Å². The lowest BCUT2D eigenvalue weighted by Crippen LogP contribution is -2.04. The molecule has 0 atom stereocenters. The second-order valence-corrected chi connectivity index (χ2v) is 4.56. The number of pyridine rings is 2. The Labute approximate surface area is 107 Å². The van der Waals surface area contributed by atoms with Gasteiger partial charge in [-0.2, -0.15) is 0 Å². The van der Waals surface area contributed by atoms with Gasteiger partial charge in [-0.3, -0.25) is 4.98 Å². The van der Waals surface area contributed by atoms with E-state index in [2.05, 4.69) is 31.2 Å². The molecule has 5 heteroatoms. The molecule has 0 bridgehead atoms. The van der Waals surface area contributed by atoms with Gasteiger partial charge in [-0.1, -0.05) is 6.07 Å². The van der Waals surface area contributed by atoms with E-state index in [1.54, 1.807) is 12.4 Å². The number of aromatic nitrogens is 2. The van der Waals surface area contributed by atoms with Crippen molar-refractivity contribution in [2.24, 2.45) is 0 Å². The Hall–Kier alpha value is -1.49. The molecular formula is C12H11BrFN3. The van der Waals surface area contributed by atoms with Crippen LogP contribution in [0.3, 0.4) is 0 Å². The Morgan fingerprint density at radius 2 is 2.12 bits per heavy atom. The van der Waals surface area contributed by atoms with E-state index in [4.69, 9.17) is 0 Å². The number of anilines is 1. The van der Waals surface area contributed by atoms with Crippen molar-refractivity contribution in [3.8, 4) is 0 Å². The summed E-state index contributed by atoms with van der Waals surface area (Å²) in [5, 5.41) is 2.93. The third kappa shape index (κ3) is 3.23. The summed E-state index contributed by atoms with van der Waals surface area (Å²) in [4.78, 5) is 8.12. The first kappa shape index (κ1) is 12.0. The highest BCUT2D eigenvalue weighted by molar-refractivity contribution is 9.10. The first-order chi connectivity index (χ1) is 8.15. The maximum Gasteiger partial charge on any atom is 0.166 e. The second kappa shape index (κ2) is 5.23. The quantitative estimate of drug-likeness (QED) is 0.944. The van der Waals surface area contributed by atoms with Crippen molar-refractivity contribution in [3.05, 3.63) is 52.1 Å². The standard InChI is InChI=1S/C12H11BrFN3/c1-8-2-3-9(5-15-8)6-16-12-11(14)4-10(13)7-17-12/h2-5,7H,6H2,1H3,(H,16,17). The first-order valence-electron chi connectivity index (χ1n) is 5.11. The minimum Gasteiger partial charge on any atom is -0.364 e. The fraction of sp³-hybridized carbons (Fsp3) is 0.167. The second-order valence-electron chi connectivity index (χ2n) is 3.65. The average molecular weight is 296 g/mol. The Bertz CT molecular complexity index is 514. The fourth-order valence-electron chi connectivity index (χ4n) is 1.33. The molecule has 2 rings (SSSR count). The molecule has 17 heavy (non-hydrogen) atoms. The van der Waals surface area contributed by atoms with Gasteiger partial charge in [0.25, 0.3) is 0 Å². The molecule has 0 unspecified atom stereocenters. The molecule has 88 valence electrons. The molecule has 0 aromatic carbocycles. The predicted molar refractivity (Wildman–Crippen MR) is 68.2 cm³/mol. The Balaban J connectivity index is 2.04. The zero-order valence-corrected chi connectivity index (χ0v) is 10.8. The molecule has 2 aromatic rings. The molecule has 1 N–H and O–H groups in total. The van der Waals surface area contributed by atoms with Crippen LogP contribution in [0.4, 0.5) is 10.2 Å². The van der Waals surface area contributed by atoms with Crippen LogP contribution < -0.4 is 5.32 Å². The highest BCUT2D eigenvalue weighted by Gasteiger charge is 2.03. The lowest BCUT2D eigenvalue weighted by Gasteiger charge is -2.06. The zero-order chi connectivity index (χ0) is 12.3. The van der Waals surface area contributed by atoms with Crippen LogP contribution in [-0.4, -0.2) is 9.97 Å². The molecule has 0 radical (unpaired) electrons. The lowest BCUT2D eigenvalue weighted by molar-refractivity contribution is 0.623. The number of halogens is 2. The van der Waals surface area contributed by atoms with Crippen LogP contribution in [0.25, 0.3) is 0 Å². The summed E-state index contributed by atoms with van der Waals surface area (Å²) in [6.07, 6.45) is 3.32. The molecule has 0 amide bonds. The smallest absolute Gasteiger partial charge is 0.166 e. The van der Waals surface area contributed by atoms with Crippen molar-refractivity contribution in [1.82, 2.24) is 9.97 Å². The Kier molecular flexibility index (Phi) is 3.68. The van der Waals surface area contributed by atoms with E-state index >= 15 is 0 Å². The van der Waals surface area contributed by atoms with Gasteiger partial charge in [0.05, 0.1) is 0 Å². The largest absolute Gasteiger partial charge is 0.364 e. The first-order valence-corrected chi connectivity index (χ1v) is 5.91. The molecule has 2 aromatic heterocycles. The van der Waals surface area contributed by atoms with Crippen LogP contribution in [0.1, 0.15) is 11.3 Å². The molecule has 3 nitrogen and oxygen atoms in total. The van der Waals surface area contributed by atoms with Gasteiger partial charge in [-0.05, 0) is 40.5 Å². The number of hydrogen-bond donors (Lipinski definition) is 1. The highest BCUT2D eigenvalue weighted by Crippen LogP contribution is 2.16. The highest BCUT2D eigenvalue weighted by atomic mass is 79.9. The summed E-state index contributed by atoms with van der Waals surface area (Å²) in [6, 6.07) is 5.25. The molecule has 0 aliphatic rings. The van der Waals surface area contributed by atoms with E-state index in [9.17, 15) is 4.39 Å². The normalized spacial score (nSPS) is 10.3. The van der Waals surface area contributed by atoms with Crippen molar-refractivity contribution in [2.75, 3.05) is 5.32 Å². The summed E-state index contributed by atoms with van der Waals surface area (Å²) in [5.41, 5.74) is 1.95. The van der Waals surface area contributed by atoms with E-state index < -0.39 is 0 Å². The molecule has 0 fully saturated rings. The maximum absolute atomic E-state index is 13.4. The number of hydrogen-bond acceptors (Lipinski definition) is 3. The van der Waals surface area contributed by atoms with Crippen molar-refractivity contribution in [1.29, 1.82) is 0 Å². The van der Waals surface area contributed by atoms with Crippen LogP contribution >= 0.6 is 15.9 Å². The van der Waals surface area contributed by atoms with Crippen LogP contribution in [-0.2, 0) is 6.54 Å². The van der Waals surface area contributed by atoms with Gasteiger partial charge in [0, 0.05) is 29.1 Å². The summed E-state index contributed by atoms with van der Waals surface area (Å²) in [5.74, 6) is -0.131. The van der Waals surface area contributed by atoms with Gasteiger partial charge >= 0.3 is 0 Å². The number of rotatable bonds is 3. The van der Waals surface area contributed by atoms with Crippen molar-refractivity contribution >= 4 is 21.7 Å². The maximum atomic E-state index is 13.4. The summed E-state index contributed by atoms with van der Waals surface area (Å²) >= 11 is 3.16. The minimum atomic E-state index is -0.376. The van der Waals surface area contributed by atoms with E-state index in [0.717, 1.165) is 11.3 Å². The summed E-state index contributed by atoms with van der Waals surface area (Å²) in [7, 11) is 0. The lowest BCUT2D eigenvalue weighted by atomic mass is 10.2. The van der Waals surface area contributed by atoms with Crippen LogP contribution in [0.15, 0.2) is 35.1 Å². The Morgan fingerprint density at radius 3 is 2.76 bits per heavy atom. The molecular weight excluding hydrogens is 285 g/mol. The van der Waals surface area contributed by atoms with Gasteiger partial charge in [0.2, 0.25) is 0 Å². The van der Waals surface area contributed by atoms with Gasteiger partial charge in [0.15, 0.2) is 11.6 Å². The summed E-state index contributed by atoms with van der Waals surface area (Å²) < 4.78 is 14.1. The molecule has 0 spiro atoms. The number of aryl methyl sites for hydroxylation is 1. The third-order valence-corrected chi connectivity index (χ3v) is 2.67. The minimum absolute atomic E-state index is 0.244. The topological polar surface area (TPSA) is 37.8 Å². The van der Waals surface area contributed by atoms with E-state index in [1.807, 2.05) is 19.1 Å². The van der Waals surface area contributed by atoms with Crippen LogP contribution in [0.2, 0.25) is 0 Å². The average Bonchev–Trinajstić information content (AvgIpc) is 2.30. The monoisotopic (exact) mass is 295 g/mol. The summed E-state index contributed by atoms with van der Waals surface area (Å²) in [6.45, 7) is 2.42. The van der Waals surface area contributed by atoms with Gasteiger partial charge < -0.3 is 5.32 Å². The van der Waals surface area contributed by atoms with Crippen LogP contribution in [0, 0.1) is 12.7 Å². The number of nitrogens with zero attached hydrogens (tertiary/aromatic N) is 2. The molecule has 0 saturated heterocycles. The van der Waals surface area contributed by atoms with Crippen molar-refractivity contribution in [3.63, 3.8) is 0 Å². The Morgan fingerprint density at radius 1 is 1.29 bits per heavy atom. The van der Waals surface area contributed by atoms with Crippen molar-refractivity contribution in [2.45, 2.75) is 13.5 Å². The molecule has 0 saturated carbocycles. The molecule has 2 heterocycles. The molecule has 0 aliphatic heterocycles. The predicted octanol–water partition coefficient (Wildman–Crippen LogP) is 3.30. The van der Waals surface area contributed by atoms with Gasteiger partial charge in [-0.15, -0.1) is 0 Å². The van der Waals surface area contributed by atoms with E-state index in [1.165, 1.54) is 6.07 Å². The van der Waals surface area contributed by atoms with Gasteiger partial charge in [0.1, 0.15) is 0 Å². The van der Waals surface area contributed by atoms with Crippen LogP contribution in [0.5, 0.6) is 0 Å². The zero-order valence-electron chi connectivity index (χ0n) is 9.24. The van der Waals surface area contributed by atoms with Crippen molar-refractivity contribution < 1.29 is 4.39 Å².